The Labute approximate surface area is 132 Å². The summed E-state index contributed by atoms with van der Waals surface area (Å²) in [5.74, 6) is 0.373. The predicted octanol–water partition coefficient (Wildman–Crippen LogP) is 3.25. The van der Waals surface area contributed by atoms with Crippen molar-refractivity contribution in [1.82, 2.24) is 9.88 Å². The number of nitrogens with zero attached hydrogens (tertiary/aromatic N) is 2. The molecule has 5 nitrogen and oxygen atoms in total. The highest BCUT2D eigenvalue weighted by atomic mass is 16.6. The second kappa shape index (κ2) is 7.58. The lowest BCUT2D eigenvalue weighted by molar-refractivity contribution is 0.00591. The predicted molar refractivity (Wildman–Crippen MR) is 84.4 cm³/mol. The van der Waals surface area contributed by atoms with Gasteiger partial charge >= 0.3 is 6.09 Å². The third-order valence-electron chi connectivity index (χ3n) is 3.52. The van der Waals surface area contributed by atoms with E-state index in [1.807, 2.05) is 39.1 Å². The van der Waals surface area contributed by atoms with E-state index in [2.05, 4.69) is 4.98 Å². The van der Waals surface area contributed by atoms with Gasteiger partial charge in [0, 0.05) is 31.4 Å². The molecule has 1 atom stereocenters. The van der Waals surface area contributed by atoms with Crippen LogP contribution in [0.5, 0.6) is 0 Å². The average molecular weight is 306 g/mol. The van der Waals surface area contributed by atoms with Crippen LogP contribution < -0.4 is 0 Å². The first-order valence-electron chi connectivity index (χ1n) is 7.88. The van der Waals surface area contributed by atoms with Crippen LogP contribution >= 0.6 is 0 Å². The van der Waals surface area contributed by atoms with Gasteiger partial charge in [-0.3, -0.25) is 4.98 Å². The summed E-state index contributed by atoms with van der Waals surface area (Å²) in [6.45, 7) is 8.39. The van der Waals surface area contributed by atoms with Gasteiger partial charge in [0.15, 0.2) is 0 Å². The van der Waals surface area contributed by atoms with Crippen molar-refractivity contribution in [3.63, 3.8) is 0 Å². The lowest BCUT2D eigenvalue weighted by atomic mass is 9.99. The Bertz CT molecular complexity index is 471. The minimum Gasteiger partial charge on any atom is -0.444 e. The standard InChI is InChI=1S/C17H26N2O3/c1-17(2,3)22-16(20)19-9-5-7-15(11-19)13-21-12-14-6-4-8-18-10-14/h4,6,8,10,15H,5,7,9,11-13H2,1-3H3. The Morgan fingerprint density at radius 3 is 2.95 bits per heavy atom. The Morgan fingerprint density at radius 1 is 1.45 bits per heavy atom. The fourth-order valence-electron chi connectivity index (χ4n) is 2.52. The Balaban J connectivity index is 1.75. The Hall–Kier alpha value is -1.62. The van der Waals surface area contributed by atoms with E-state index in [0.29, 0.717) is 25.7 Å². The van der Waals surface area contributed by atoms with Gasteiger partial charge in [-0.05, 0) is 45.2 Å². The van der Waals surface area contributed by atoms with Gasteiger partial charge in [0.1, 0.15) is 5.60 Å². The van der Waals surface area contributed by atoms with Crippen molar-refractivity contribution in [2.45, 2.75) is 45.8 Å². The molecule has 122 valence electrons. The molecule has 22 heavy (non-hydrogen) atoms. The number of pyridine rings is 1. The fourth-order valence-corrected chi connectivity index (χ4v) is 2.52. The van der Waals surface area contributed by atoms with E-state index in [-0.39, 0.29) is 6.09 Å². The van der Waals surface area contributed by atoms with Gasteiger partial charge in [0.25, 0.3) is 0 Å². The molecule has 0 bridgehead atoms. The van der Waals surface area contributed by atoms with Gasteiger partial charge in [-0.2, -0.15) is 0 Å². The number of amides is 1. The van der Waals surface area contributed by atoms with Crippen LogP contribution in [0.15, 0.2) is 24.5 Å². The molecule has 1 fully saturated rings. The SMILES string of the molecule is CC(C)(C)OC(=O)N1CCCC(COCc2cccnc2)C1. The number of hydrogen-bond acceptors (Lipinski definition) is 4. The first kappa shape index (κ1) is 16.7. The van der Waals surface area contributed by atoms with E-state index in [1.165, 1.54) is 0 Å². The molecule has 1 saturated heterocycles. The number of hydrogen-bond donors (Lipinski definition) is 0. The van der Waals surface area contributed by atoms with Gasteiger partial charge in [-0.25, -0.2) is 4.79 Å². The zero-order chi connectivity index (χ0) is 16.0. The lowest BCUT2D eigenvalue weighted by Crippen LogP contribution is -2.43. The molecule has 0 N–H and O–H groups in total. The topological polar surface area (TPSA) is 51.7 Å². The summed E-state index contributed by atoms with van der Waals surface area (Å²) >= 11 is 0. The van der Waals surface area contributed by atoms with Gasteiger partial charge < -0.3 is 14.4 Å². The van der Waals surface area contributed by atoms with Crippen molar-refractivity contribution in [2.75, 3.05) is 19.7 Å². The van der Waals surface area contributed by atoms with Crippen molar-refractivity contribution in [2.24, 2.45) is 5.92 Å². The molecule has 2 rings (SSSR count). The van der Waals surface area contributed by atoms with Crippen molar-refractivity contribution in [3.8, 4) is 0 Å². The number of likely N-dealkylation sites (tertiary alicyclic amines) is 1. The molecule has 0 aromatic carbocycles. The first-order chi connectivity index (χ1) is 10.4. The summed E-state index contributed by atoms with van der Waals surface area (Å²) in [5.41, 5.74) is 0.628. The molecule has 0 saturated carbocycles. The summed E-state index contributed by atoms with van der Waals surface area (Å²) in [6, 6.07) is 3.91. The molecule has 1 aromatic heterocycles. The van der Waals surface area contributed by atoms with Crippen LogP contribution in [0.3, 0.4) is 0 Å². The molecule has 0 radical (unpaired) electrons. The third kappa shape index (κ3) is 5.64. The Kier molecular flexibility index (Phi) is 5.77. The van der Waals surface area contributed by atoms with Crippen LogP contribution in [-0.4, -0.2) is 41.3 Å². The van der Waals surface area contributed by atoms with Gasteiger partial charge in [-0.1, -0.05) is 6.07 Å². The largest absolute Gasteiger partial charge is 0.444 e. The molecule has 0 spiro atoms. The minimum atomic E-state index is -0.444. The van der Waals surface area contributed by atoms with Crippen LogP contribution in [0.25, 0.3) is 0 Å². The molecule has 0 aliphatic carbocycles. The molecule has 1 aromatic rings. The first-order valence-corrected chi connectivity index (χ1v) is 7.88. The molecule has 1 unspecified atom stereocenters. The fraction of sp³-hybridized carbons (Fsp3) is 0.647. The molecule has 2 heterocycles. The van der Waals surface area contributed by atoms with E-state index < -0.39 is 5.60 Å². The lowest BCUT2D eigenvalue weighted by Gasteiger charge is -2.34. The van der Waals surface area contributed by atoms with E-state index in [9.17, 15) is 4.79 Å². The molecular weight excluding hydrogens is 280 g/mol. The molecule has 1 aliphatic rings. The quantitative estimate of drug-likeness (QED) is 0.857. The summed E-state index contributed by atoms with van der Waals surface area (Å²) in [5, 5.41) is 0. The Morgan fingerprint density at radius 2 is 2.27 bits per heavy atom. The maximum Gasteiger partial charge on any atom is 0.410 e. The molecule has 1 aliphatic heterocycles. The number of carbonyl (C=O) groups is 1. The molecule has 5 heteroatoms. The normalized spacial score (nSPS) is 19.0. The number of carbonyl (C=O) groups excluding carboxylic acids is 1. The van der Waals surface area contributed by atoms with Crippen molar-refractivity contribution >= 4 is 6.09 Å². The van der Waals surface area contributed by atoms with E-state index in [4.69, 9.17) is 9.47 Å². The monoisotopic (exact) mass is 306 g/mol. The van der Waals surface area contributed by atoms with E-state index >= 15 is 0 Å². The second-order valence-corrected chi connectivity index (χ2v) is 6.81. The van der Waals surface area contributed by atoms with E-state index in [1.54, 1.807) is 11.1 Å². The van der Waals surface area contributed by atoms with Crippen molar-refractivity contribution in [1.29, 1.82) is 0 Å². The third-order valence-corrected chi connectivity index (χ3v) is 3.52. The number of ether oxygens (including phenoxy) is 2. The maximum absolute atomic E-state index is 12.1. The van der Waals surface area contributed by atoms with Crippen LogP contribution in [0.1, 0.15) is 39.2 Å². The van der Waals surface area contributed by atoms with Gasteiger partial charge in [0.05, 0.1) is 13.2 Å². The highest BCUT2D eigenvalue weighted by molar-refractivity contribution is 5.68. The number of aromatic nitrogens is 1. The summed E-state index contributed by atoms with van der Waals surface area (Å²) in [7, 11) is 0. The second-order valence-electron chi connectivity index (χ2n) is 6.81. The highest BCUT2D eigenvalue weighted by Gasteiger charge is 2.27. The smallest absolute Gasteiger partial charge is 0.410 e. The molecule has 1 amide bonds. The van der Waals surface area contributed by atoms with Gasteiger partial charge in [0.2, 0.25) is 0 Å². The maximum atomic E-state index is 12.1. The van der Waals surface area contributed by atoms with Gasteiger partial charge in [-0.15, -0.1) is 0 Å². The van der Waals surface area contributed by atoms with Crippen LogP contribution in [-0.2, 0) is 16.1 Å². The minimum absolute atomic E-state index is 0.218. The van der Waals surface area contributed by atoms with E-state index in [0.717, 1.165) is 24.9 Å². The van der Waals surface area contributed by atoms with Crippen molar-refractivity contribution < 1.29 is 14.3 Å². The summed E-state index contributed by atoms with van der Waals surface area (Å²) < 4.78 is 11.2. The van der Waals surface area contributed by atoms with Crippen LogP contribution in [0.2, 0.25) is 0 Å². The average Bonchev–Trinajstić information content (AvgIpc) is 2.47. The number of piperidine rings is 1. The highest BCUT2D eigenvalue weighted by Crippen LogP contribution is 2.20. The van der Waals surface area contributed by atoms with Crippen LogP contribution in [0.4, 0.5) is 4.79 Å². The van der Waals surface area contributed by atoms with Crippen LogP contribution in [0, 0.1) is 5.92 Å². The zero-order valence-corrected chi connectivity index (χ0v) is 13.7. The zero-order valence-electron chi connectivity index (χ0n) is 13.7. The number of rotatable bonds is 4. The molecular formula is C17H26N2O3. The summed E-state index contributed by atoms with van der Waals surface area (Å²) in [6.07, 6.45) is 5.44. The summed E-state index contributed by atoms with van der Waals surface area (Å²) in [4.78, 5) is 18.0. The van der Waals surface area contributed by atoms with Crippen molar-refractivity contribution in [3.05, 3.63) is 30.1 Å².